The van der Waals surface area contributed by atoms with Gasteiger partial charge in [0.2, 0.25) is 6.41 Å². The molecule has 0 fully saturated rings. The molecule has 6 heteroatoms. The molecule has 0 aliphatic heterocycles. The van der Waals surface area contributed by atoms with Crippen LogP contribution in [0.5, 0.6) is 0 Å². The first-order valence-electron chi connectivity index (χ1n) is 2.86. The Morgan fingerprint density at radius 1 is 1.10 bits per heavy atom. The van der Waals surface area contributed by atoms with Gasteiger partial charge in [-0.15, -0.1) is 0 Å². The van der Waals surface area contributed by atoms with Gasteiger partial charge in [-0.05, 0) is 0 Å². The summed E-state index contributed by atoms with van der Waals surface area (Å²) in [5.74, 6) is 0. The maximum absolute atomic E-state index is 10.2. The first kappa shape index (κ1) is 9.31. The second kappa shape index (κ2) is 5.12. The lowest BCUT2D eigenvalue weighted by Gasteiger charge is -2.27. The average molecular weight is 147 g/mol. The number of rotatable bonds is 5. The van der Waals surface area contributed by atoms with Crippen molar-refractivity contribution in [2.75, 3.05) is 21.1 Å². The zero-order valence-corrected chi connectivity index (χ0v) is 6.38. The fourth-order valence-electron chi connectivity index (χ4n) is 0.527. The normalized spacial score (nSPS) is 10.0. The molecule has 0 aromatic rings. The van der Waals surface area contributed by atoms with Gasteiger partial charge in [-0.3, -0.25) is 4.79 Å². The third-order valence-corrected chi connectivity index (χ3v) is 0.968. The molecule has 6 nitrogen and oxygen atoms in total. The number of amides is 1. The van der Waals surface area contributed by atoms with E-state index < -0.39 is 0 Å². The molecule has 0 aliphatic rings. The van der Waals surface area contributed by atoms with Gasteiger partial charge in [0.25, 0.3) is 0 Å². The third-order valence-electron chi connectivity index (χ3n) is 0.968. The first-order valence-corrected chi connectivity index (χ1v) is 2.86. The van der Waals surface area contributed by atoms with Crippen LogP contribution in [-0.4, -0.2) is 37.9 Å². The van der Waals surface area contributed by atoms with Crippen LogP contribution < -0.4 is 16.3 Å². The minimum Gasteiger partial charge on any atom is -0.276 e. The molecule has 3 N–H and O–H groups in total. The minimum absolute atomic E-state index is 0.632. The Hall–Kier alpha value is -0.690. The summed E-state index contributed by atoms with van der Waals surface area (Å²) in [4.78, 5) is 10.2. The van der Waals surface area contributed by atoms with Crippen LogP contribution in [0.25, 0.3) is 0 Å². The molecule has 0 aliphatic carbocycles. The molecule has 0 unspecified atom stereocenters. The highest BCUT2D eigenvalue weighted by molar-refractivity contribution is 5.44. The number of nitrogens with one attached hydrogen (secondary N) is 3. The van der Waals surface area contributed by atoms with E-state index in [9.17, 15) is 4.79 Å². The highest BCUT2D eigenvalue weighted by Gasteiger charge is 2.04. The van der Waals surface area contributed by atoms with Crippen molar-refractivity contribution in [3.05, 3.63) is 0 Å². The topological polar surface area (TPSA) is 59.6 Å². The number of carbonyl (C=O) groups excluding carboxylic acids is 1. The van der Waals surface area contributed by atoms with Gasteiger partial charge in [0.05, 0.1) is 0 Å². The summed E-state index contributed by atoms with van der Waals surface area (Å²) in [5, 5.41) is 2.59. The van der Waals surface area contributed by atoms with E-state index in [1.165, 1.54) is 10.3 Å². The molecule has 0 bridgehead atoms. The molecule has 0 rings (SSSR count). The Labute approximate surface area is 60.0 Å². The van der Waals surface area contributed by atoms with Crippen molar-refractivity contribution in [2.45, 2.75) is 0 Å². The largest absolute Gasteiger partial charge is 0.276 e. The predicted molar refractivity (Wildman–Crippen MR) is 36.9 cm³/mol. The van der Waals surface area contributed by atoms with Crippen molar-refractivity contribution in [2.24, 2.45) is 0 Å². The van der Waals surface area contributed by atoms with Gasteiger partial charge in [-0.2, -0.15) is 5.12 Å². The Bertz CT molecular complexity index is 93.6. The first-order chi connectivity index (χ1) is 4.79. The van der Waals surface area contributed by atoms with Gasteiger partial charge in [0.15, 0.2) is 0 Å². The second-order valence-corrected chi connectivity index (χ2v) is 1.43. The second-order valence-electron chi connectivity index (χ2n) is 1.43. The molecule has 0 heterocycles. The number of nitrogens with zero attached hydrogens (tertiary/aromatic N) is 2. The highest BCUT2D eigenvalue weighted by atomic mass is 16.2. The number of hydrogen-bond donors (Lipinski definition) is 3. The van der Waals surface area contributed by atoms with Crippen molar-refractivity contribution >= 4 is 6.41 Å². The molecule has 0 aromatic carbocycles. The molecule has 60 valence electrons. The van der Waals surface area contributed by atoms with Crippen molar-refractivity contribution in [1.29, 1.82) is 0 Å². The zero-order valence-electron chi connectivity index (χ0n) is 6.38. The van der Waals surface area contributed by atoms with Crippen LogP contribution in [-0.2, 0) is 4.79 Å². The van der Waals surface area contributed by atoms with Crippen LogP contribution in [0.2, 0.25) is 0 Å². The third kappa shape index (κ3) is 2.28. The van der Waals surface area contributed by atoms with E-state index in [1.54, 1.807) is 21.1 Å². The lowest BCUT2D eigenvalue weighted by atomic mass is 11.2. The summed E-state index contributed by atoms with van der Waals surface area (Å²) in [7, 11) is 5.00. The highest BCUT2D eigenvalue weighted by Crippen LogP contribution is 1.75. The Kier molecular flexibility index (Phi) is 4.77. The van der Waals surface area contributed by atoms with Gasteiger partial charge >= 0.3 is 0 Å². The maximum atomic E-state index is 10.2. The van der Waals surface area contributed by atoms with E-state index in [1.807, 2.05) is 0 Å². The van der Waals surface area contributed by atoms with E-state index in [0.29, 0.717) is 6.41 Å². The molecular formula is C4H13N5O. The molecule has 0 aromatic heterocycles. The number of carbonyl (C=O) groups is 1. The molecule has 0 atom stereocenters. The lowest BCUT2D eigenvalue weighted by molar-refractivity contribution is -0.159. The summed E-state index contributed by atoms with van der Waals surface area (Å²) in [6, 6.07) is 0. The molecule has 0 saturated carbocycles. The Morgan fingerprint density at radius 2 is 1.60 bits per heavy atom. The maximum Gasteiger partial charge on any atom is 0.241 e. The quantitative estimate of drug-likeness (QED) is 0.312. The van der Waals surface area contributed by atoms with Gasteiger partial charge in [-0.1, -0.05) is 5.23 Å². The van der Waals surface area contributed by atoms with E-state index in [-0.39, 0.29) is 0 Å². The average Bonchev–Trinajstić information content (AvgIpc) is 2.00. The van der Waals surface area contributed by atoms with E-state index >= 15 is 0 Å². The predicted octanol–water partition coefficient (Wildman–Crippen LogP) is -1.93. The molecule has 0 saturated heterocycles. The van der Waals surface area contributed by atoms with Gasteiger partial charge in [-0.25, -0.2) is 16.3 Å². The van der Waals surface area contributed by atoms with Crippen LogP contribution >= 0.6 is 0 Å². The Balaban J connectivity index is 3.81. The van der Waals surface area contributed by atoms with E-state index in [2.05, 4.69) is 16.3 Å². The zero-order chi connectivity index (χ0) is 7.98. The Morgan fingerprint density at radius 3 is 1.70 bits per heavy atom. The molecule has 10 heavy (non-hydrogen) atoms. The van der Waals surface area contributed by atoms with Gasteiger partial charge < -0.3 is 0 Å². The fraction of sp³-hybridized carbons (Fsp3) is 0.750. The molecule has 0 spiro atoms. The summed E-state index contributed by atoms with van der Waals surface area (Å²) in [6.07, 6.45) is 0.632. The van der Waals surface area contributed by atoms with Crippen LogP contribution in [0.4, 0.5) is 0 Å². The molecule has 0 radical (unpaired) electrons. The number of hydrogen-bond acceptors (Lipinski definition) is 5. The van der Waals surface area contributed by atoms with Crippen LogP contribution in [0.3, 0.4) is 0 Å². The van der Waals surface area contributed by atoms with E-state index in [0.717, 1.165) is 0 Å². The van der Waals surface area contributed by atoms with Crippen molar-refractivity contribution in [3.63, 3.8) is 0 Å². The lowest BCUT2D eigenvalue weighted by Crippen LogP contribution is -2.59. The fourth-order valence-corrected chi connectivity index (χ4v) is 0.527. The summed E-state index contributed by atoms with van der Waals surface area (Å²) in [5.41, 5.74) is 8.04. The van der Waals surface area contributed by atoms with E-state index in [4.69, 9.17) is 0 Å². The molecular weight excluding hydrogens is 134 g/mol. The number of hydrazine groups is 4. The van der Waals surface area contributed by atoms with Crippen molar-refractivity contribution < 1.29 is 4.79 Å². The van der Waals surface area contributed by atoms with Crippen LogP contribution in [0, 0.1) is 0 Å². The standard InChI is InChI=1S/C4H13N5O/c1-5-8(4-10)9(6-2)7-3/h4-7H,1-3H3. The van der Waals surface area contributed by atoms with Crippen LogP contribution in [0.15, 0.2) is 0 Å². The minimum atomic E-state index is 0.632. The van der Waals surface area contributed by atoms with Gasteiger partial charge in [0, 0.05) is 21.1 Å². The summed E-state index contributed by atoms with van der Waals surface area (Å²) in [6.45, 7) is 0. The smallest absolute Gasteiger partial charge is 0.241 e. The SMILES string of the molecule is CNN(C=O)N(NC)NC. The van der Waals surface area contributed by atoms with Crippen molar-refractivity contribution in [1.82, 2.24) is 26.6 Å². The van der Waals surface area contributed by atoms with Crippen molar-refractivity contribution in [3.8, 4) is 0 Å². The summed E-state index contributed by atoms with van der Waals surface area (Å²) < 4.78 is 0. The van der Waals surface area contributed by atoms with Gasteiger partial charge in [0.1, 0.15) is 0 Å². The monoisotopic (exact) mass is 147 g/mol. The van der Waals surface area contributed by atoms with Crippen LogP contribution in [0.1, 0.15) is 0 Å². The summed E-state index contributed by atoms with van der Waals surface area (Å²) >= 11 is 0. The molecule has 1 amide bonds.